The second-order valence-electron chi connectivity index (χ2n) is 3.41. The Bertz CT molecular complexity index is 520. The van der Waals surface area contributed by atoms with Gasteiger partial charge >= 0.3 is 5.97 Å². The minimum Gasteiger partial charge on any atom is -0.478 e. The van der Waals surface area contributed by atoms with Crippen LogP contribution in [0.25, 0.3) is 10.9 Å². The van der Waals surface area contributed by atoms with Gasteiger partial charge in [-0.1, -0.05) is 19.1 Å². The van der Waals surface area contributed by atoms with E-state index in [0.717, 1.165) is 17.3 Å². The molecule has 0 fully saturated rings. The maximum Gasteiger partial charge on any atom is 0.337 e. The fraction of sp³-hybridized carbons (Fsp3) is 0.167. The highest BCUT2D eigenvalue weighted by Gasteiger charge is 2.04. The van der Waals surface area contributed by atoms with Gasteiger partial charge in [0.2, 0.25) is 0 Å². The Balaban J connectivity index is 2.59. The third-order valence-corrected chi connectivity index (χ3v) is 2.40. The Morgan fingerprint density at radius 2 is 2.20 bits per heavy atom. The van der Waals surface area contributed by atoms with Gasteiger partial charge in [0, 0.05) is 11.6 Å². The lowest BCUT2D eigenvalue weighted by molar-refractivity contribution is 0.0696. The van der Waals surface area contributed by atoms with Gasteiger partial charge in [0.05, 0.1) is 11.1 Å². The van der Waals surface area contributed by atoms with E-state index in [1.54, 1.807) is 6.07 Å². The van der Waals surface area contributed by atoms with E-state index in [1.165, 1.54) is 11.8 Å². The van der Waals surface area contributed by atoms with E-state index in [0.29, 0.717) is 0 Å². The smallest absolute Gasteiger partial charge is 0.337 e. The third kappa shape index (κ3) is 1.81. The number of nitrogens with zero attached hydrogens (tertiary/aromatic N) is 1. The number of carboxylic acids is 1. The molecule has 2 rings (SSSR count). The predicted octanol–water partition coefficient (Wildman–Crippen LogP) is 2.50. The summed E-state index contributed by atoms with van der Waals surface area (Å²) in [7, 11) is 0. The number of pyridine rings is 1. The number of carbonyl (C=O) groups is 1. The van der Waals surface area contributed by atoms with E-state index in [9.17, 15) is 4.79 Å². The molecule has 2 aromatic rings. The molecule has 0 spiro atoms. The molecule has 1 N–H and O–H groups in total. The fourth-order valence-electron chi connectivity index (χ4n) is 1.50. The van der Waals surface area contributed by atoms with Crippen molar-refractivity contribution in [2.45, 2.75) is 13.3 Å². The molecule has 0 amide bonds. The minimum atomic E-state index is -0.941. The van der Waals surface area contributed by atoms with Crippen LogP contribution in [-0.4, -0.2) is 16.1 Å². The van der Waals surface area contributed by atoms with Crippen molar-refractivity contribution in [2.24, 2.45) is 0 Å². The zero-order valence-corrected chi connectivity index (χ0v) is 8.40. The highest BCUT2D eigenvalue weighted by molar-refractivity contribution is 5.92. The second-order valence-corrected chi connectivity index (χ2v) is 3.41. The van der Waals surface area contributed by atoms with Crippen LogP contribution in [0.1, 0.15) is 22.8 Å². The molecule has 1 heterocycles. The molecular weight excluding hydrogens is 190 g/mol. The number of benzene rings is 1. The number of aromatic nitrogens is 1. The van der Waals surface area contributed by atoms with Crippen LogP contribution in [0.3, 0.4) is 0 Å². The largest absolute Gasteiger partial charge is 0.478 e. The lowest BCUT2D eigenvalue weighted by atomic mass is 10.1. The van der Waals surface area contributed by atoms with E-state index < -0.39 is 5.97 Å². The first kappa shape index (κ1) is 9.65. The molecule has 3 heteroatoms. The number of carboxylic acid groups (broad SMARTS) is 1. The van der Waals surface area contributed by atoms with Crippen LogP contribution >= 0.6 is 0 Å². The SMILES string of the molecule is CCc1ccc2cc(C(=O)O)cnc2c1. The Hall–Kier alpha value is -1.90. The van der Waals surface area contributed by atoms with Crippen LogP contribution in [0.4, 0.5) is 0 Å². The van der Waals surface area contributed by atoms with Crippen LogP contribution in [0, 0.1) is 0 Å². The van der Waals surface area contributed by atoms with Crippen LogP contribution in [0.5, 0.6) is 0 Å². The summed E-state index contributed by atoms with van der Waals surface area (Å²) >= 11 is 0. The molecule has 1 aromatic heterocycles. The highest BCUT2D eigenvalue weighted by atomic mass is 16.4. The van der Waals surface area contributed by atoms with Crippen molar-refractivity contribution in [2.75, 3.05) is 0 Å². The van der Waals surface area contributed by atoms with Gasteiger partial charge in [0.15, 0.2) is 0 Å². The molecule has 15 heavy (non-hydrogen) atoms. The molecule has 0 saturated heterocycles. The Kier molecular flexibility index (Phi) is 2.37. The maximum atomic E-state index is 10.7. The van der Waals surface area contributed by atoms with Crippen LogP contribution in [0.2, 0.25) is 0 Å². The monoisotopic (exact) mass is 201 g/mol. The van der Waals surface area contributed by atoms with Gasteiger partial charge in [0.1, 0.15) is 0 Å². The van der Waals surface area contributed by atoms with E-state index in [4.69, 9.17) is 5.11 Å². The molecule has 0 radical (unpaired) electrons. The van der Waals surface area contributed by atoms with Gasteiger partial charge < -0.3 is 5.11 Å². The van der Waals surface area contributed by atoms with E-state index >= 15 is 0 Å². The number of hydrogen-bond acceptors (Lipinski definition) is 2. The summed E-state index contributed by atoms with van der Waals surface area (Å²) < 4.78 is 0. The third-order valence-electron chi connectivity index (χ3n) is 2.40. The lowest BCUT2D eigenvalue weighted by Gasteiger charge is -2.01. The van der Waals surface area contributed by atoms with Crippen LogP contribution in [0.15, 0.2) is 30.5 Å². The summed E-state index contributed by atoms with van der Waals surface area (Å²) in [5.41, 5.74) is 2.28. The molecule has 0 saturated carbocycles. The van der Waals surface area contributed by atoms with Crippen LogP contribution in [-0.2, 0) is 6.42 Å². The Morgan fingerprint density at radius 1 is 1.40 bits per heavy atom. The van der Waals surface area contributed by atoms with Crippen molar-refractivity contribution in [3.63, 3.8) is 0 Å². The minimum absolute atomic E-state index is 0.228. The summed E-state index contributed by atoms with van der Waals surface area (Å²) in [5.74, 6) is -0.941. The zero-order valence-electron chi connectivity index (χ0n) is 8.40. The first-order chi connectivity index (χ1) is 7.20. The summed E-state index contributed by atoms with van der Waals surface area (Å²) in [4.78, 5) is 14.9. The second kappa shape index (κ2) is 3.69. The first-order valence-corrected chi connectivity index (χ1v) is 4.82. The molecule has 3 nitrogen and oxygen atoms in total. The molecule has 76 valence electrons. The number of fused-ring (bicyclic) bond motifs is 1. The topological polar surface area (TPSA) is 50.2 Å². The normalized spacial score (nSPS) is 10.5. The van der Waals surface area contributed by atoms with Gasteiger partial charge in [-0.15, -0.1) is 0 Å². The average molecular weight is 201 g/mol. The summed E-state index contributed by atoms with van der Waals surface area (Å²) in [6.45, 7) is 2.08. The number of aromatic carboxylic acids is 1. The average Bonchev–Trinajstić information content (AvgIpc) is 2.27. The molecule has 0 aliphatic carbocycles. The number of aryl methyl sites for hydroxylation is 1. The summed E-state index contributed by atoms with van der Waals surface area (Å²) in [6.07, 6.45) is 2.35. The van der Waals surface area contributed by atoms with Crippen molar-refractivity contribution in [1.82, 2.24) is 4.98 Å². The maximum absolute atomic E-state index is 10.7. The summed E-state index contributed by atoms with van der Waals surface area (Å²) in [6, 6.07) is 7.54. The quantitative estimate of drug-likeness (QED) is 0.812. The van der Waals surface area contributed by atoms with Crippen molar-refractivity contribution in [3.8, 4) is 0 Å². The predicted molar refractivity (Wildman–Crippen MR) is 58.1 cm³/mol. The lowest BCUT2D eigenvalue weighted by Crippen LogP contribution is -1.97. The highest BCUT2D eigenvalue weighted by Crippen LogP contribution is 2.15. The van der Waals surface area contributed by atoms with Gasteiger partial charge in [0.25, 0.3) is 0 Å². The van der Waals surface area contributed by atoms with Gasteiger partial charge in [-0.05, 0) is 24.1 Å². The standard InChI is InChI=1S/C12H11NO2/c1-2-8-3-4-9-6-10(12(14)15)7-13-11(9)5-8/h3-7H,2H2,1H3,(H,14,15). The molecule has 0 bridgehead atoms. The molecular formula is C12H11NO2. The van der Waals surface area contributed by atoms with E-state index in [2.05, 4.69) is 11.9 Å². The molecule has 0 aliphatic heterocycles. The van der Waals surface area contributed by atoms with Crippen LogP contribution < -0.4 is 0 Å². The van der Waals surface area contributed by atoms with E-state index in [-0.39, 0.29) is 5.56 Å². The molecule has 0 unspecified atom stereocenters. The van der Waals surface area contributed by atoms with Crippen molar-refractivity contribution in [3.05, 3.63) is 41.6 Å². The van der Waals surface area contributed by atoms with Gasteiger partial charge in [-0.2, -0.15) is 0 Å². The first-order valence-electron chi connectivity index (χ1n) is 4.82. The molecule has 0 aliphatic rings. The fourth-order valence-corrected chi connectivity index (χ4v) is 1.50. The number of hydrogen-bond donors (Lipinski definition) is 1. The number of rotatable bonds is 2. The summed E-state index contributed by atoms with van der Waals surface area (Å²) in [5, 5.41) is 9.67. The Labute approximate surface area is 87.4 Å². The van der Waals surface area contributed by atoms with Gasteiger partial charge in [-0.25, -0.2) is 4.79 Å². The van der Waals surface area contributed by atoms with Gasteiger partial charge in [-0.3, -0.25) is 4.98 Å². The van der Waals surface area contributed by atoms with E-state index in [1.807, 2.05) is 18.2 Å². The van der Waals surface area contributed by atoms with Crippen molar-refractivity contribution < 1.29 is 9.90 Å². The van der Waals surface area contributed by atoms with Crippen molar-refractivity contribution in [1.29, 1.82) is 0 Å². The zero-order chi connectivity index (χ0) is 10.8. The Morgan fingerprint density at radius 3 is 2.87 bits per heavy atom. The van der Waals surface area contributed by atoms with Crippen molar-refractivity contribution >= 4 is 16.9 Å². The molecule has 1 aromatic carbocycles. The molecule has 0 atom stereocenters.